The maximum atomic E-state index is 4.00. The summed E-state index contributed by atoms with van der Waals surface area (Å²) < 4.78 is 2.36. The lowest BCUT2D eigenvalue weighted by Crippen LogP contribution is -2.18. The zero-order valence-corrected chi connectivity index (χ0v) is 28.3. The number of aromatic nitrogens is 1. The average molecular weight is 645 g/mol. The average Bonchev–Trinajstić information content (AvgIpc) is 3.53. The molecule has 0 amide bonds. The molecular weight excluding hydrogens is 605 g/mol. The van der Waals surface area contributed by atoms with Gasteiger partial charge in [0.2, 0.25) is 0 Å². The molecule has 2 nitrogen and oxygen atoms in total. The minimum Gasteiger partial charge on any atom is -0.311 e. The van der Waals surface area contributed by atoms with Crippen molar-refractivity contribution in [2.24, 2.45) is 5.92 Å². The lowest BCUT2D eigenvalue weighted by molar-refractivity contribution is 0.762. The first-order chi connectivity index (χ1) is 24.7. The highest BCUT2D eigenvalue weighted by Gasteiger charge is 2.19. The first-order valence-corrected chi connectivity index (χ1v) is 17.5. The number of fused-ring (bicyclic) bond motifs is 3. The highest BCUT2D eigenvalue weighted by Crippen LogP contribution is 2.37. The van der Waals surface area contributed by atoms with E-state index in [2.05, 4.69) is 180 Å². The summed E-state index contributed by atoms with van der Waals surface area (Å²) in [5.74, 6) is 0.423. The second-order valence-corrected chi connectivity index (χ2v) is 12.9. The Morgan fingerprint density at radius 3 is 1.84 bits per heavy atom. The van der Waals surface area contributed by atoms with Crippen molar-refractivity contribution in [2.75, 3.05) is 4.90 Å². The number of rotatable bonds is 9. The molecule has 0 bridgehead atoms. The van der Waals surface area contributed by atoms with E-state index in [0.717, 1.165) is 47.5 Å². The zero-order valence-electron chi connectivity index (χ0n) is 28.3. The normalized spacial score (nSPS) is 15.9. The lowest BCUT2D eigenvalue weighted by atomic mass is 9.88. The van der Waals surface area contributed by atoms with Gasteiger partial charge in [-0.2, -0.15) is 0 Å². The maximum Gasteiger partial charge on any atom is 0.0541 e. The van der Waals surface area contributed by atoms with Crippen molar-refractivity contribution in [1.29, 1.82) is 0 Å². The van der Waals surface area contributed by atoms with Crippen LogP contribution in [-0.4, -0.2) is 4.57 Å². The van der Waals surface area contributed by atoms with Crippen LogP contribution < -0.4 is 4.90 Å². The highest BCUT2D eigenvalue weighted by atomic mass is 15.1. The highest BCUT2D eigenvalue weighted by molar-refractivity contribution is 6.09. The molecule has 5 aromatic carbocycles. The number of para-hydroxylation sites is 2. The molecule has 0 radical (unpaired) electrons. The fraction of sp³-hybridized carbons (Fsp3) is 0.0833. The van der Waals surface area contributed by atoms with E-state index >= 15 is 0 Å². The van der Waals surface area contributed by atoms with E-state index in [0.29, 0.717) is 5.92 Å². The third-order valence-corrected chi connectivity index (χ3v) is 9.93. The molecule has 6 aromatic rings. The number of hydrogen-bond acceptors (Lipinski definition) is 1. The van der Waals surface area contributed by atoms with Gasteiger partial charge in [-0.15, -0.1) is 0 Å². The SMILES string of the molecule is C=C/C=C(\C=C)c1ccc(N(C2=CCC(C3=CCCC=C3)C=C2)c2ccc(-c3ccc(-n4c5ccccc5c5ccccc54)cc3)cc2)cc1. The minimum atomic E-state index is 0.423. The van der Waals surface area contributed by atoms with Crippen LogP contribution in [0.2, 0.25) is 0 Å². The largest absolute Gasteiger partial charge is 0.311 e. The van der Waals surface area contributed by atoms with Gasteiger partial charge in [0, 0.05) is 39.4 Å². The van der Waals surface area contributed by atoms with E-state index in [1.54, 1.807) is 0 Å². The molecule has 0 N–H and O–H groups in total. The Bertz CT molecular complexity index is 2300. The zero-order chi connectivity index (χ0) is 33.9. The first kappa shape index (κ1) is 31.2. The fourth-order valence-corrected chi connectivity index (χ4v) is 7.40. The third kappa shape index (κ3) is 5.90. The molecule has 0 saturated heterocycles. The molecule has 2 aliphatic rings. The molecule has 0 fully saturated rings. The van der Waals surface area contributed by atoms with E-state index in [1.165, 1.54) is 44.2 Å². The van der Waals surface area contributed by atoms with Crippen LogP contribution in [0.5, 0.6) is 0 Å². The summed E-state index contributed by atoms with van der Waals surface area (Å²) in [6.45, 7) is 7.87. The second-order valence-electron chi connectivity index (χ2n) is 12.9. The maximum absolute atomic E-state index is 4.00. The van der Waals surface area contributed by atoms with Gasteiger partial charge >= 0.3 is 0 Å². The number of nitrogens with zero attached hydrogens (tertiary/aromatic N) is 2. The molecular formula is C48H40N2. The van der Waals surface area contributed by atoms with Crippen LogP contribution in [0.15, 0.2) is 200 Å². The van der Waals surface area contributed by atoms with Crippen molar-refractivity contribution in [3.05, 3.63) is 206 Å². The predicted molar refractivity (Wildman–Crippen MR) is 215 cm³/mol. The predicted octanol–water partition coefficient (Wildman–Crippen LogP) is 13.1. The van der Waals surface area contributed by atoms with Crippen LogP contribution in [0.25, 0.3) is 44.2 Å². The number of hydrogen-bond donors (Lipinski definition) is 0. The first-order valence-electron chi connectivity index (χ1n) is 17.5. The van der Waals surface area contributed by atoms with Gasteiger partial charge in [-0.1, -0.05) is 135 Å². The van der Waals surface area contributed by atoms with Gasteiger partial charge in [0.25, 0.3) is 0 Å². The van der Waals surface area contributed by atoms with Crippen molar-refractivity contribution in [2.45, 2.75) is 19.3 Å². The quantitative estimate of drug-likeness (QED) is 0.142. The van der Waals surface area contributed by atoms with E-state index in [4.69, 9.17) is 0 Å². The molecule has 1 unspecified atom stereocenters. The van der Waals surface area contributed by atoms with Gasteiger partial charge in [-0.05, 0) is 102 Å². The van der Waals surface area contributed by atoms with Crippen molar-refractivity contribution >= 4 is 38.8 Å². The molecule has 1 atom stereocenters. The molecule has 50 heavy (non-hydrogen) atoms. The van der Waals surface area contributed by atoms with Gasteiger partial charge in [-0.25, -0.2) is 0 Å². The Morgan fingerprint density at radius 2 is 1.28 bits per heavy atom. The van der Waals surface area contributed by atoms with Crippen molar-refractivity contribution in [1.82, 2.24) is 4.57 Å². The van der Waals surface area contributed by atoms with Gasteiger partial charge in [0.05, 0.1) is 11.0 Å². The Hall–Kier alpha value is -6.12. The monoisotopic (exact) mass is 644 g/mol. The summed E-state index contributed by atoms with van der Waals surface area (Å²) in [4.78, 5) is 2.36. The summed E-state index contributed by atoms with van der Waals surface area (Å²) in [6.07, 6.45) is 23.0. The second kappa shape index (κ2) is 13.8. The summed E-state index contributed by atoms with van der Waals surface area (Å²) >= 11 is 0. The van der Waals surface area contributed by atoms with E-state index in [9.17, 15) is 0 Å². The van der Waals surface area contributed by atoms with E-state index in [1.807, 2.05) is 18.2 Å². The summed E-state index contributed by atoms with van der Waals surface area (Å²) in [5.41, 5.74) is 13.0. The topological polar surface area (TPSA) is 8.17 Å². The fourth-order valence-electron chi connectivity index (χ4n) is 7.40. The van der Waals surface area contributed by atoms with E-state index in [-0.39, 0.29) is 0 Å². The minimum absolute atomic E-state index is 0.423. The van der Waals surface area contributed by atoms with Crippen LogP contribution in [0, 0.1) is 5.92 Å². The van der Waals surface area contributed by atoms with Crippen molar-refractivity contribution in [3.63, 3.8) is 0 Å². The molecule has 8 rings (SSSR count). The smallest absolute Gasteiger partial charge is 0.0541 e. The van der Waals surface area contributed by atoms with Gasteiger partial charge < -0.3 is 9.47 Å². The van der Waals surface area contributed by atoms with Crippen LogP contribution in [-0.2, 0) is 0 Å². The molecule has 0 saturated carbocycles. The van der Waals surface area contributed by atoms with Gasteiger partial charge in [0.1, 0.15) is 0 Å². The number of anilines is 2. The number of allylic oxidation sites excluding steroid dienone is 11. The summed E-state index contributed by atoms with van der Waals surface area (Å²) in [7, 11) is 0. The molecule has 2 heteroatoms. The van der Waals surface area contributed by atoms with Gasteiger partial charge in [-0.3, -0.25) is 0 Å². The van der Waals surface area contributed by atoms with Crippen molar-refractivity contribution < 1.29 is 0 Å². The Kier molecular flexibility index (Phi) is 8.59. The van der Waals surface area contributed by atoms with Crippen LogP contribution in [0.1, 0.15) is 24.8 Å². The summed E-state index contributed by atoms with van der Waals surface area (Å²) in [5, 5.41) is 2.55. The standard InChI is InChI=1S/C48H40N2/c1-3-12-35(4-2)37-19-27-41(28-20-37)49(42-29-21-38(22-30-42)36-13-6-5-7-14-36)43-31-23-39(24-32-43)40-25-33-44(34-26-40)50-47-17-10-8-15-45(47)46-16-9-11-18-48(46)50/h3-4,6,8-21,23-34,38H,1-2,5,7,22H2/b35-12+. The van der Waals surface area contributed by atoms with Crippen molar-refractivity contribution in [3.8, 4) is 16.8 Å². The van der Waals surface area contributed by atoms with Gasteiger partial charge in [0.15, 0.2) is 0 Å². The molecule has 1 heterocycles. The lowest BCUT2D eigenvalue weighted by Gasteiger charge is -2.30. The van der Waals surface area contributed by atoms with Crippen LogP contribution in [0.4, 0.5) is 11.4 Å². The third-order valence-electron chi connectivity index (χ3n) is 9.93. The Balaban J connectivity index is 1.11. The Morgan fingerprint density at radius 1 is 0.660 bits per heavy atom. The molecule has 0 aliphatic heterocycles. The summed E-state index contributed by atoms with van der Waals surface area (Å²) in [6, 6.07) is 43.9. The number of benzene rings is 5. The molecule has 242 valence electrons. The molecule has 0 spiro atoms. The molecule has 1 aromatic heterocycles. The van der Waals surface area contributed by atoms with Crippen LogP contribution >= 0.6 is 0 Å². The Labute approximate surface area is 295 Å². The van der Waals surface area contributed by atoms with E-state index < -0.39 is 0 Å². The molecule has 2 aliphatic carbocycles. The van der Waals surface area contributed by atoms with Crippen LogP contribution in [0.3, 0.4) is 0 Å².